The lowest BCUT2D eigenvalue weighted by Crippen LogP contribution is -2.25. The van der Waals surface area contributed by atoms with Gasteiger partial charge in [-0.3, -0.25) is 9.59 Å². The third-order valence-electron chi connectivity index (χ3n) is 3.43. The lowest BCUT2D eigenvalue weighted by molar-refractivity contribution is -0.123. The van der Waals surface area contributed by atoms with Gasteiger partial charge in [0, 0.05) is 11.1 Å². The second kappa shape index (κ2) is 8.35. The van der Waals surface area contributed by atoms with E-state index in [1.54, 1.807) is 25.3 Å². The molecule has 3 aromatic heterocycles. The number of aryl methyl sites for hydroxylation is 1. The summed E-state index contributed by atoms with van der Waals surface area (Å²) in [6.45, 7) is 1.55. The lowest BCUT2D eigenvalue weighted by Gasteiger charge is -2.05. The van der Waals surface area contributed by atoms with Crippen LogP contribution in [0.1, 0.15) is 20.4 Å². The minimum Gasteiger partial charge on any atom is -0.387 e. The number of ketones is 1. The molecular formula is C17H16N4O3S2. The van der Waals surface area contributed by atoms with Gasteiger partial charge >= 0.3 is 0 Å². The summed E-state index contributed by atoms with van der Waals surface area (Å²) in [5.74, 6) is 0.419. The molecule has 0 saturated carbocycles. The zero-order chi connectivity index (χ0) is 18.5. The number of hydrogen-bond donors (Lipinski definition) is 2. The monoisotopic (exact) mass is 388 g/mol. The molecule has 26 heavy (non-hydrogen) atoms. The molecule has 9 heteroatoms. The topological polar surface area (TPSA) is 105 Å². The number of hydrogen-bond acceptors (Lipinski definition) is 8. The Balaban J connectivity index is 1.66. The Morgan fingerprint density at radius 1 is 1.27 bits per heavy atom. The van der Waals surface area contributed by atoms with Gasteiger partial charge in [-0.2, -0.15) is 0 Å². The number of carbonyl (C=O) groups is 2. The first-order valence-electron chi connectivity index (χ1n) is 7.78. The predicted octanol–water partition coefficient (Wildman–Crippen LogP) is 1.98. The largest absolute Gasteiger partial charge is 0.387 e. The van der Waals surface area contributed by atoms with Crippen molar-refractivity contribution in [1.82, 2.24) is 20.3 Å². The number of amides is 1. The van der Waals surface area contributed by atoms with Crippen LogP contribution < -0.4 is 5.32 Å². The summed E-state index contributed by atoms with van der Waals surface area (Å²) in [5.41, 5.74) is 0.619. The molecule has 1 amide bonds. The van der Waals surface area contributed by atoms with Crippen LogP contribution in [0.15, 0.2) is 35.5 Å². The van der Waals surface area contributed by atoms with Gasteiger partial charge in [-0.25, -0.2) is 15.0 Å². The molecule has 0 saturated heterocycles. The van der Waals surface area contributed by atoms with Crippen molar-refractivity contribution in [1.29, 1.82) is 0 Å². The minimum atomic E-state index is -0.547. The Bertz CT molecular complexity index is 958. The van der Waals surface area contributed by atoms with E-state index >= 15 is 0 Å². The van der Waals surface area contributed by atoms with E-state index in [0.717, 1.165) is 15.3 Å². The van der Waals surface area contributed by atoms with Crippen molar-refractivity contribution < 1.29 is 14.7 Å². The number of thiophene rings is 1. The van der Waals surface area contributed by atoms with Crippen molar-refractivity contribution in [3.05, 3.63) is 46.0 Å². The molecule has 2 N–H and O–H groups in total. The Kier molecular flexibility index (Phi) is 5.92. The van der Waals surface area contributed by atoms with E-state index in [1.165, 1.54) is 23.1 Å². The number of Topliss-reactive ketones (excluding diaryl/α,β-unsaturated/α-hetero) is 1. The van der Waals surface area contributed by atoms with Gasteiger partial charge in [-0.15, -0.1) is 11.3 Å². The van der Waals surface area contributed by atoms with Crippen molar-refractivity contribution in [2.75, 3.05) is 12.4 Å². The standard InChI is InChI=1S/C17H16N4O3S2/c1-10-20-16-12(3-2-6-18-16)17(21-10)25-9-13(23)14-5-4-11(26-14)7-19-15(24)8-22/h2-6,22H,7-9H2,1H3,(H,19,24). The van der Waals surface area contributed by atoms with Gasteiger partial charge in [0.1, 0.15) is 17.5 Å². The summed E-state index contributed by atoms with van der Waals surface area (Å²) in [6.07, 6.45) is 1.68. The van der Waals surface area contributed by atoms with Crippen molar-refractivity contribution in [3.8, 4) is 0 Å². The van der Waals surface area contributed by atoms with E-state index in [0.29, 0.717) is 22.9 Å². The zero-order valence-electron chi connectivity index (χ0n) is 13.9. The van der Waals surface area contributed by atoms with Crippen LogP contribution in [-0.4, -0.2) is 44.1 Å². The highest BCUT2D eigenvalue weighted by molar-refractivity contribution is 8.00. The second-order valence-corrected chi connectivity index (χ2v) is 7.50. The predicted molar refractivity (Wildman–Crippen MR) is 100 cm³/mol. The highest BCUT2D eigenvalue weighted by Gasteiger charge is 2.13. The molecule has 3 aromatic rings. The molecule has 0 aromatic carbocycles. The molecule has 3 rings (SSSR count). The molecule has 0 aliphatic carbocycles. The molecule has 0 atom stereocenters. The van der Waals surface area contributed by atoms with E-state index in [1.807, 2.05) is 12.1 Å². The molecule has 0 fully saturated rings. The van der Waals surface area contributed by atoms with Crippen molar-refractivity contribution >= 4 is 45.8 Å². The SMILES string of the molecule is Cc1nc(SCC(=O)c2ccc(CNC(=O)CO)s2)c2cccnc2n1. The smallest absolute Gasteiger partial charge is 0.246 e. The zero-order valence-corrected chi connectivity index (χ0v) is 15.6. The fraction of sp³-hybridized carbons (Fsp3) is 0.235. The Labute approximate surface area is 157 Å². The molecule has 0 radical (unpaired) electrons. The summed E-state index contributed by atoms with van der Waals surface area (Å²) < 4.78 is 0. The third-order valence-corrected chi connectivity index (χ3v) is 5.55. The normalized spacial score (nSPS) is 10.8. The molecule has 0 bridgehead atoms. The van der Waals surface area contributed by atoms with Crippen LogP contribution in [0.3, 0.4) is 0 Å². The van der Waals surface area contributed by atoms with E-state index < -0.39 is 12.5 Å². The molecule has 0 spiro atoms. The highest BCUT2D eigenvalue weighted by atomic mass is 32.2. The van der Waals surface area contributed by atoms with Gasteiger partial charge in [0.25, 0.3) is 0 Å². The number of pyridine rings is 1. The van der Waals surface area contributed by atoms with E-state index in [2.05, 4.69) is 20.3 Å². The third kappa shape index (κ3) is 4.43. The van der Waals surface area contributed by atoms with Crippen molar-refractivity contribution in [3.63, 3.8) is 0 Å². The van der Waals surface area contributed by atoms with Gasteiger partial charge in [0.05, 0.1) is 22.6 Å². The fourth-order valence-electron chi connectivity index (χ4n) is 2.22. The molecule has 134 valence electrons. The van der Waals surface area contributed by atoms with Crippen molar-refractivity contribution in [2.45, 2.75) is 18.5 Å². The maximum atomic E-state index is 12.4. The number of carbonyl (C=O) groups excluding carboxylic acids is 2. The van der Waals surface area contributed by atoms with Gasteiger partial charge in [-0.05, 0) is 31.2 Å². The van der Waals surface area contributed by atoms with E-state index in [-0.39, 0.29) is 11.5 Å². The quantitative estimate of drug-likeness (QED) is 0.362. The number of aliphatic hydroxyl groups is 1. The minimum absolute atomic E-state index is 0.00644. The van der Waals surface area contributed by atoms with Crippen LogP contribution in [0.5, 0.6) is 0 Å². The Morgan fingerprint density at radius 3 is 2.92 bits per heavy atom. The summed E-state index contributed by atoms with van der Waals surface area (Å²) in [4.78, 5) is 38.0. The maximum absolute atomic E-state index is 12.4. The number of aliphatic hydroxyl groups excluding tert-OH is 1. The Hall–Kier alpha value is -2.36. The number of nitrogens with one attached hydrogen (secondary N) is 1. The van der Waals surface area contributed by atoms with Crippen LogP contribution in [0, 0.1) is 6.92 Å². The highest BCUT2D eigenvalue weighted by Crippen LogP contribution is 2.26. The van der Waals surface area contributed by atoms with Crippen LogP contribution >= 0.6 is 23.1 Å². The van der Waals surface area contributed by atoms with Crippen LogP contribution in [0.2, 0.25) is 0 Å². The lowest BCUT2D eigenvalue weighted by atomic mass is 10.3. The molecule has 0 unspecified atom stereocenters. The summed E-state index contributed by atoms with van der Waals surface area (Å²) in [7, 11) is 0. The first kappa shape index (κ1) is 18.4. The molecular weight excluding hydrogens is 372 g/mol. The van der Waals surface area contributed by atoms with E-state index in [9.17, 15) is 9.59 Å². The number of nitrogens with zero attached hydrogens (tertiary/aromatic N) is 3. The van der Waals surface area contributed by atoms with Crippen LogP contribution in [0.4, 0.5) is 0 Å². The van der Waals surface area contributed by atoms with Crippen LogP contribution in [0.25, 0.3) is 11.0 Å². The molecule has 0 aliphatic heterocycles. The number of rotatable bonds is 7. The fourth-order valence-corrected chi connectivity index (χ4v) is 4.13. The first-order chi connectivity index (χ1) is 12.6. The van der Waals surface area contributed by atoms with Gasteiger partial charge in [-0.1, -0.05) is 11.8 Å². The molecule has 7 nitrogen and oxygen atoms in total. The number of thioether (sulfide) groups is 1. The number of fused-ring (bicyclic) bond motifs is 1. The summed E-state index contributed by atoms with van der Waals surface area (Å²) >= 11 is 2.69. The first-order valence-corrected chi connectivity index (χ1v) is 9.58. The van der Waals surface area contributed by atoms with Gasteiger partial charge in [0.15, 0.2) is 11.4 Å². The van der Waals surface area contributed by atoms with Crippen LogP contribution in [-0.2, 0) is 11.3 Å². The van der Waals surface area contributed by atoms with Gasteiger partial charge < -0.3 is 10.4 Å². The maximum Gasteiger partial charge on any atom is 0.246 e. The molecule has 3 heterocycles. The second-order valence-electron chi connectivity index (χ2n) is 5.36. The summed E-state index contributed by atoms with van der Waals surface area (Å²) in [5, 5.41) is 12.8. The van der Waals surface area contributed by atoms with Crippen molar-refractivity contribution in [2.24, 2.45) is 0 Å². The number of aromatic nitrogens is 3. The molecule has 0 aliphatic rings. The average Bonchev–Trinajstić information content (AvgIpc) is 3.12. The Morgan fingerprint density at radius 2 is 2.12 bits per heavy atom. The van der Waals surface area contributed by atoms with Gasteiger partial charge in [0.2, 0.25) is 5.91 Å². The summed E-state index contributed by atoms with van der Waals surface area (Å²) in [6, 6.07) is 7.26. The van der Waals surface area contributed by atoms with E-state index in [4.69, 9.17) is 5.11 Å². The average molecular weight is 388 g/mol.